The molecule has 0 bridgehead atoms. The molecule has 2 N–H and O–H groups in total. The summed E-state index contributed by atoms with van der Waals surface area (Å²) in [5, 5.41) is 5.87. The highest BCUT2D eigenvalue weighted by molar-refractivity contribution is 6.05. The van der Waals surface area contributed by atoms with Crippen molar-refractivity contribution in [3.8, 4) is 0 Å². The van der Waals surface area contributed by atoms with Gasteiger partial charge in [0.05, 0.1) is 11.4 Å². The van der Waals surface area contributed by atoms with E-state index in [9.17, 15) is 9.59 Å². The van der Waals surface area contributed by atoms with Crippen molar-refractivity contribution in [1.82, 2.24) is 5.32 Å². The van der Waals surface area contributed by atoms with Gasteiger partial charge in [-0.05, 0) is 43.9 Å². The molecular weight excluding hydrogens is 278 g/mol. The molecule has 0 aromatic heterocycles. The number of benzene rings is 1. The van der Waals surface area contributed by atoms with Crippen LogP contribution >= 0.6 is 0 Å². The topological polar surface area (TPSA) is 61.4 Å². The average Bonchev–Trinajstić information content (AvgIpc) is 2.55. The van der Waals surface area contributed by atoms with Crippen LogP contribution in [0.3, 0.4) is 0 Å². The predicted octanol–water partition coefficient (Wildman–Crippen LogP) is 2.53. The molecule has 2 amide bonds. The molecule has 2 heterocycles. The van der Waals surface area contributed by atoms with E-state index in [1.807, 2.05) is 12.1 Å². The number of fused-ring (bicyclic) bond motifs is 3. The standard InChI is InChI=1S/C17H23N3O2/c1-2-3-9-18-16(21)12-7-8-14-13(11-12)19-17(22)15-6-4-5-10-20(14)15/h7-8,11,15H,2-6,9-10H2,1H3,(H,18,21)(H,19,22)/t15-/m1/s1. The predicted molar refractivity (Wildman–Crippen MR) is 87.3 cm³/mol. The Hall–Kier alpha value is -2.04. The minimum atomic E-state index is -0.0775. The lowest BCUT2D eigenvalue weighted by Crippen LogP contribution is -2.50. The van der Waals surface area contributed by atoms with E-state index >= 15 is 0 Å². The van der Waals surface area contributed by atoms with Crippen molar-refractivity contribution < 1.29 is 9.59 Å². The lowest BCUT2D eigenvalue weighted by atomic mass is 9.97. The van der Waals surface area contributed by atoms with E-state index < -0.39 is 0 Å². The smallest absolute Gasteiger partial charge is 0.251 e. The molecule has 3 rings (SSSR count). The van der Waals surface area contributed by atoms with Gasteiger partial charge >= 0.3 is 0 Å². The molecule has 1 aromatic carbocycles. The van der Waals surface area contributed by atoms with Crippen molar-refractivity contribution in [3.05, 3.63) is 23.8 Å². The van der Waals surface area contributed by atoms with E-state index in [2.05, 4.69) is 22.5 Å². The van der Waals surface area contributed by atoms with Crippen LogP contribution in [-0.4, -0.2) is 30.9 Å². The number of carbonyl (C=O) groups is 2. The second-order valence-corrected chi connectivity index (χ2v) is 6.04. The third kappa shape index (κ3) is 2.80. The van der Waals surface area contributed by atoms with Crippen molar-refractivity contribution in [3.63, 3.8) is 0 Å². The Morgan fingerprint density at radius 2 is 2.27 bits per heavy atom. The molecule has 0 unspecified atom stereocenters. The Balaban J connectivity index is 1.80. The van der Waals surface area contributed by atoms with Crippen molar-refractivity contribution in [2.24, 2.45) is 0 Å². The quantitative estimate of drug-likeness (QED) is 0.840. The van der Waals surface area contributed by atoms with Crippen molar-refractivity contribution in [2.45, 2.75) is 45.1 Å². The zero-order chi connectivity index (χ0) is 15.5. The SMILES string of the molecule is CCCCNC(=O)c1ccc2c(c1)NC(=O)[C@H]1CCCCN21. The molecule has 22 heavy (non-hydrogen) atoms. The molecule has 0 radical (unpaired) electrons. The number of rotatable bonds is 4. The van der Waals surface area contributed by atoms with Gasteiger partial charge in [0.2, 0.25) is 5.91 Å². The van der Waals surface area contributed by atoms with Gasteiger partial charge in [-0.3, -0.25) is 9.59 Å². The minimum Gasteiger partial charge on any atom is -0.358 e. The number of piperidine rings is 1. The number of nitrogens with one attached hydrogen (secondary N) is 2. The van der Waals surface area contributed by atoms with Crippen molar-refractivity contribution >= 4 is 23.2 Å². The maximum absolute atomic E-state index is 12.2. The van der Waals surface area contributed by atoms with Gasteiger partial charge in [-0.2, -0.15) is 0 Å². The monoisotopic (exact) mass is 301 g/mol. The van der Waals surface area contributed by atoms with Gasteiger partial charge in [0.1, 0.15) is 6.04 Å². The first-order chi connectivity index (χ1) is 10.7. The lowest BCUT2D eigenvalue weighted by Gasteiger charge is -2.41. The molecule has 118 valence electrons. The summed E-state index contributed by atoms with van der Waals surface area (Å²) in [5.41, 5.74) is 2.39. The van der Waals surface area contributed by atoms with Gasteiger partial charge < -0.3 is 15.5 Å². The average molecular weight is 301 g/mol. The van der Waals surface area contributed by atoms with E-state index in [0.29, 0.717) is 12.1 Å². The Morgan fingerprint density at radius 1 is 1.41 bits per heavy atom. The second kappa shape index (κ2) is 6.38. The third-order valence-corrected chi connectivity index (χ3v) is 4.45. The summed E-state index contributed by atoms with van der Waals surface area (Å²) in [7, 11) is 0. The fraction of sp³-hybridized carbons (Fsp3) is 0.529. The number of nitrogens with zero attached hydrogens (tertiary/aromatic N) is 1. The molecular formula is C17H23N3O2. The van der Waals surface area contributed by atoms with Gasteiger partial charge in [-0.1, -0.05) is 13.3 Å². The molecule has 1 atom stereocenters. The molecule has 1 aromatic rings. The zero-order valence-electron chi connectivity index (χ0n) is 13.0. The summed E-state index contributed by atoms with van der Waals surface area (Å²) in [5.74, 6) is -0.0259. The lowest BCUT2D eigenvalue weighted by molar-refractivity contribution is -0.118. The first-order valence-corrected chi connectivity index (χ1v) is 8.20. The van der Waals surface area contributed by atoms with E-state index in [4.69, 9.17) is 0 Å². The molecule has 0 saturated carbocycles. The third-order valence-electron chi connectivity index (χ3n) is 4.45. The van der Waals surface area contributed by atoms with Crippen molar-refractivity contribution in [1.29, 1.82) is 0 Å². The fourth-order valence-electron chi connectivity index (χ4n) is 3.22. The van der Waals surface area contributed by atoms with E-state index in [1.54, 1.807) is 6.07 Å². The molecule has 0 spiro atoms. The Kier molecular flexibility index (Phi) is 4.32. The van der Waals surface area contributed by atoms with Crippen LogP contribution < -0.4 is 15.5 Å². The Labute approximate surface area is 131 Å². The zero-order valence-corrected chi connectivity index (χ0v) is 13.0. The fourth-order valence-corrected chi connectivity index (χ4v) is 3.22. The first-order valence-electron chi connectivity index (χ1n) is 8.20. The summed E-state index contributed by atoms with van der Waals surface area (Å²) in [6.07, 6.45) is 5.15. The maximum Gasteiger partial charge on any atom is 0.251 e. The summed E-state index contributed by atoms with van der Waals surface area (Å²) in [4.78, 5) is 26.5. The van der Waals surface area contributed by atoms with Crippen LogP contribution in [0.5, 0.6) is 0 Å². The molecule has 5 heteroatoms. The van der Waals surface area contributed by atoms with Gasteiger partial charge in [0, 0.05) is 18.7 Å². The van der Waals surface area contributed by atoms with Gasteiger partial charge in [0.15, 0.2) is 0 Å². The molecule has 2 aliphatic heterocycles. The van der Waals surface area contributed by atoms with Gasteiger partial charge in [-0.15, -0.1) is 0 Å². The highest BCUT2D eigenvalue weighted by Crippen LogP contribution is 2.36. The summed E-state index contributed by atoms with van der Waals surface area (Å²) >= 11 is 0. The number of hydrogen-bond donors (Lipinski definition) is 2. The normalized spacial score (nSPS) is 20.0. The van der Waals surface area contributed by atoms with Gasteiger partial charge in [0.25, 0.3) is 5.91 Å². The summed E-state index contributed by atoms with van der Waals surface area (Å²) in [6.45, 7) is 3.69. The Bertz CT molecular complexity index is 585. The number of hydrogen-bond acceptors (Lipinski definition) is 3. The molecule has 2 aliphatic rings. The van der Waals surface area contributed by atoms with Gasteiger partial charge in [-0.25, -0.2) is 0 Å². The van der Waals surface area contributed by atoms with Crippen LogP contribution in [0.25, 0.3) is 0 Å². The number of anilines is 2. The minimum absolute atomic E-state index is 0.0505. The molecule has 1 saturated heterocycles. The first kappa shape index (κ1) is 14.9. The van der Waals surface area contributed by atoms with Crippen LogP contribution in [-0.2, 0) is 4.79 Å². The van der Waals surface area contributed by atoms with E-state index in [-0.39, 0.29) is 17.9 Å². The highest BCUT2D eigenvalue weighted by Gasteiger charge is 2.34. The van der Waals surface area contributed by atoms with E-state index in [1.165, 1.54) is 0 Å². The number of unbranched alkanes of at least 4 members (excludes halogenated alkanes) is 1. The van der Waals surface area contributed by atoms with Crippen LogP contribution in [0.1, 0.15) is 49.4 Å². The molecule has 5 nitrogen and oxygen atoms in total. The van der Waals surface area contributed by atoms with E-state index in [0.717, 1.165) is 50.0 Å². The van der Waals surface area contributed by atoms with Crippen LogP contribution in [0.4, 0.5) is 11.4 Å². The molecule has 1 fully saturated rings. The highest BCUT2D eigenvalue weighted by atomic mass is 16.2. The summed E-state index contributed by atoms with van der Waals surface area (Å²) < 4.78 is 0. The number of amides is 2. The molecule has 0 aliphatic carbocycles. The van der Waals surface area contributed by atoms with Crippen LogP contribution in [0, 0.1) is 0 Å². The summed E-state index contributed by atoms with van der Waals surface area (Å²) in [6, 6.07) is 5.55. The number of carbonyl (C=O) groups excluding carboxylic acids is 2. The van der Waals surface area contributed by atoms with Crippen LogP contribution in [0.2, 0.25) is 0 Å². The van der Waals surface area contributed by atoms with Crippen molar-refractivity contribution in [2.75, 3.05) is 23.3 Å². The maximum atomic E-state index is 12.2. The Morgan fingerprint density at radius 3 is 3.09 bits per heavy atom. The largest absolute Gasteiger partial charge is 0.358 e. The van der Waals surface area contributed by atoms with Crippen LogP contribution in [0.15, 0.2) is 18.2 Å². The second-order valence-electron chi connectivity index (χ2n) is 6.04.